The number of hydrogen-bond acceptors (Lipinski definition) is 5. The summed E-state index contributed by atoms with van der Waals surface area (Å²) in [7, 11) is 0. The highest BCUT2D eigenvalue weighted by Gasteiger charge is 2.41. The van der Waals surface area contributed by atoms with Crippen molar-refractivity contribution in [1.82, 2.24) is 9.88 Å². The third-order valence-corrected chi connectivity index (χ3v) is 8.39. The van der Waals surface area contributed by atoms with Gasteiger partial charge in [-0.1, -0.05) is 31.1 Å². The highest BCUT2D eigenvalue weighted by Crippen LogP contribution is 2.48. The summed E-state index contributed by atoms with van der Waals surface area (Å²) in [4.78, 5) is 20.9. The molecule has 2 aliphatic heterocycles. The van der Waals surface area contributed by atoms with E-state index in [1.165, 1.54) is 18.2 Å². The largest absolute Gasteiger partial charge is 0.502 e. The molecule has 6 rings (SSSR count). The van der Waals surface area contributed by atoms with Crippen LogP contribution in [0.2, 0.25) is 0 Å². The van der Waals surface area contributed by atoms with Gasteiger partial charge in [-0.25, -0.2) is 0 Å². The molecular weight excluding hydrogens is 557 g/mol. The van der Waals surface area contributed by atoms with Gasteiger partial charge in [-0.3, -0.25) is 9.78 Å². The lowest BCUT2D eigenvalue weighted by atomic mass is 9.89. The molecule has 0 saturated carbocycles. The van der Waals surface area contributed by atoms with Crippen LogP contribution in [-0.4, -0.2) is 52.7 Å². The van der Waals surface area contributed by atoms with Crippen LogP contribution < -0.4 is 14.2 Å². The van der Waals surface area contributed by atoms with Crippen LogP contribution in [0.3, 0.4) is 0 Å². The summed E-state index contributed by atoms with van der Waals surface area (Å²) in [5.74, 6) is -3.57. The van der Waals surface area contributed by atoms with Crippen molar-refractivity contribution < 1.29 is 32.4 Å². The number of nitrogens with zero attached hydrogens (tertiary/aromatic N) is 4. The van der Waals surface area contributed by atoms with Crippen LogP contribution in [0.4, 0.5) is 18.9 Å². The highest BCUT2D eigenvalue weighted by atomic mass is 19.1. The van der Waals surface area contributed by atoms with Gasteiger partial charge in [0.15, 0.2) is 11.6 Å². The molecule has 2 unspecified atom stereocenters. The second-order valence-corrected chi connectivity index (χ2v) is 11.5. The number of phenols is 1. The molecule has 4 aromatic rings. The third kappa shape index (κ3) is 4.47. The van der Waals surface area contributed by atoms with Crippen LogP contribution >= 0.6 is 0 Å². The summed E-state index contributed by atoms with van der Waals surface area (Å²) in [6, 6.07) is 7.69. The van der Waals surface area contributed by atoms with E-state index in [-0.39, 0.29) is 41.3 Å². The predicted octanol–water partition coefficient (Wildman–Crippen LogP) is 5.72. The Bertz CT molecular complexity index is 1790. The highest BCUT2D eigenvalue weighted by molar-refractivity contribution is 6.07. The maximum Gasteiger partial charge on any atom is 0.376 e. The van der Waals surface area contributed by atoms with Gasteiger partial charge in [-0.05, 0) is 55.7 Å². The van der Waals surface area contributed by atoms with Gasteiger partial charge in [0.2, 0.25) is 5.91 Å². The first kappa shape index (κ1) is 28.5. The number of para-hydroxylation sites is 1. The Morgan fingerprint density at radius 3 is 2.67 bits per heavy atom. The van der Waals surface area contributed by atoms with E-state index < -0.39 is 29.1 Å². The normalized spacial score (nSPS) is 18.0. The monoisotopic (exact) mass is 589 g/mol. The van der Waals surface area contributed by atoms with Crippen molar-refractivity contribution >= 4 is 22.4 Å². The topological polar surface area (TPSA) is 69.8 Å². The SMILES string of the molecule is C=CC(=O)N1CC2COc3cc(-c4c(C)ccnc4C(C)C)c4c(F)[n+](-c5c(O)cccc5F)c(F)cc4c3N2CC1C. The van der Waals surface area contributed by atoms with Crippen LogP contribution in [-0.2, 0) is 4.79 Å². The van der Waals surface area contributed by atoms with E-state index in [1.807, 2.05) is 38.7 Å². The lowest BCUT2D eigenvalue weighted by Gasteiger charge is -2.48. The second kappa shape index (κ2) is 10.6. The van der Waals surface area contributed by atoms with E-state index >= 15 is 13.2 Å². The van der Waals surface area contributed by atoms with Gasteiger partial charge in [0, 0.05) is 41.8 Å². The molecule has 222 valence electrons. The fourth-order valence-corrected chi connectivity index (χ4v) is 6.39. The van der Waals surface area contributed by atoms with Gasteiger partial charge in [-0.15, -0.1) is 8.78 Å². The fourth-order valence-electron chi connectivity index (χ4n) is 6.39. The maximum atomic E-state index is 17.0. The Balaban J connectivity index is 1.70. The van der Waals surface area contributed by atoms with Gasteiger partial charge in [0.25, 0.3) is 5.69 Å². The summed E-state index contributed by atoms with van der Waals surface area (Å²) in [6.45, 7) is 12.4. The van der Waals surface area contributed by atoms with Crippen molar-refractivity contribution in [1.29, 1.82) is 0 Å². The number of anilines is 1. The Hall–Kier alpha value is -4.60. The molecule has 2 aliphatic rings. The number of pyridine rings is 2. The van der Waals surface area contributed by atoms with Gasteiger partial charge >= 0.3 is 11.9 Å². The number of ether oxygens (including phenoxy) is 1. The summed E-state index contributed by atoms with van der Waals surface area (Å²) >= 11 is 0. The molecule has 0 spiro atoms. The van der Waals surface area contributed by atoms with Crippen molar-refractivity contribution in [2.75, 3.05) is 24.6 Å². The smallest absolute Gasteiger partial charge is 0.376 e. The van der Waals surface area contributed by atoms with Crippen molar-refractivity contribution in [2.45, 2.75) is 45.7 Å². The molecular formula is C33H32F3N4O3+. The van der Waals surface area contributed by atoms with Crippen molar-refractivity contribution in [2.24, 2.45) is 0 Å². The van der Waals surface area contributed by atoms with Crippen LogP contribution in [0.25, 0.3) is 27.6 Å². The Labute approximate surface area is 247 Å². The van der Waals surface area contributed by atoms with Crippen molar-refractivity contribution in [3.63, 3.8) is 0 Å². The third-order valence-electron chi connectivity index (χ3n) is 8.39. The number of halogens is 3. The molecule has 4 heterocycles. The van der Waals surface area contributed by atoms with Gasteiger partial charge in [-0.2, -0.15) is 4.39 Å². The Kier molecular flexibility index (Phi) is 7.02. The summed E-state index contributed by atoms with van der Waals surface area (Å²) in [5.41, 5.74) is 2.47. The number of rotatable bonds is 4. The molecule has 43 heavy (non-hydrogen) atoms. The molecule has 2 aromatic heterocycles. The summed E-state index contributed by atoms with van der Waals surface area (Å²) < 4.78 is 54.8. The van der Waals surface area contributed by atoms with Crippen LogP contribution in [0.15, 0.2) is 55.3 Å². The van der Waals surface area contributed by atoms with E-state index in [1.54, 1.807) is 17.2 Å². The van der Waals surface area contributed by atoms with E-state index in [0.29, 0.717) is 45.9 Å². The van der Waals surface area contributed by atoms with Crippen molar-refractivity contribution in [3.8, 4) is 28.3 Å². The zero-order valence-corrected chi connectivity index (χ0v) is 24.4. The molecule has 2 aromatic carbocycles. The number of piperazine rings is 1. The van der Waals surface area contributed by atoms with Gasteiger partial charge in [0.05, 0.1) is 28.9 Å². The number of benzene rings is 2. The first-order chi connectivity index (χ1) is 20.5. The number of phenolic OH excluding ortho intramolecular Hbond substituents is 1. The van der Waals surface area contributed by atoms with E-state index in [2.05, 4.69) is 11.6 Å². The minimum atomic E-state index is -1.10. The van der Waals surface area contributed by atoms with Gasteiger partial charge in [0.1, 0.15) is 12.4 Å². The standard InChI is InChI=1S/C33H31F3N4O3/c1-6-27(42)38-15-20-16-43-25-12-21(28-18(4)10-11-37-30(28)17(2)3)29-22(31(25)39(20)14-19(38)5)13-26(35)40(33(29)36)32-23(34)8-7-9-24(32)41/h6-13,17,19-20H,1,14-16H2,2-5H3/p+1. The zero-order valence-electron chi connectivity index (χ0n) is 24.4. The molecule has 1 amide bonds. The molecule has 1 N–H and O–H groups in total. The van der Waals surface area contributed by atoms with Crippen LogP contribution in [0.1, 0.15) is 37.9 Å². The lowest BCUT2D eigenvalue weighted by Crippen LogP contribution is -2.61. The predicted molar refractivity (Wildman–Crippen MR) is 157 cm³/mol. The molecule has 7 nitrogen and oxygen atoms in total. The average molecular weight is 590 g/mol. The number of fused-ring (bicyclic) bond motifs is 5. The first-order valence-electron chi connectivity index (χ1n) is 14.2. The van der Waals surface area contributed by atoms with Gasteiger partial charge < -0.3 is 19.6 Å². The Morgan fingerprint density at radius 2 is 1.98 bits per heavy atom. The van der Waals surface area contributed by atoms with Crippen molar-refractivity contribution in [3.05, 3.63) is 84.2 Å². The zero-order chi connectivity index (χ0) is 30.7. The van der Waals surface area contributed by atoms with E-state index in [4.69, 9.17) is 4.74 Å². The molecule has 0 radical (unpaired) electrons. The number of aryl methyl sites for hydroxylation is 1. The molecule has 1 fully saturated rings. The maximum absolute atomic E-state index is 17.0. The average Bonchev–Trinajstić information content (AvgIpc) is 2.96. The molecule has 2 atom stereocenters. The number of aromatic hydroxyl groups is 1. The number of carbonyl (C=O) groups excluding carboxylic acids is 1. The molecule has 0 aliphatic carbocycles. The first-order valence-corrected chi connectivity index (χ1v) is 14.2. The van der Waals surface area contributed by atoms with Crippen LogP contribution in [0, 0.1) is 24.6 Å². The summed E-state index contributed by atoms with van der Waals surface area (Å²) in [6.07, 6.45) is 2.96. The van der Waals surface area contributed by atoms with E-state index in [0.717, 1.165) is 17.7 Å². The number of carbonyl (C=O) groups is 1. The Morgan fingerprint density at radius 1 is 1.21 bits per heavy atom. The fraction of sp³-hybridized carbons (Fsp3) is 0.303. The minimum absolute atomic E-state index is 0.0299. The second-order valence-electron chi connectivity index (χ2n) is 11.5. The van der Waals surface area contributed by atoms with E-state index in [9.17, 15) is 9.90 Å². The summed E-state index contributed by atoms with van der Waals surface area (Å²) in [5, 5.41) is 10.8. The number of aromatic nitrogens is 2. The molecule has 0 bridgehead atoms. The molecule has 10 heteroatoms. The van der Waals surface area contributed by atoms with Crippen LogP contribution in [0.5, 0.6) is 11.5 Å². The number of hydrogen-bond donors (Lipinski definition) is 1. The minimum Gasteiger partial charge on any atom is -0.502 e. The molecule has 1 saturated heterocycles. The lowest BCUT2D eigenvalue weighted by molar-refractivity contribution is -0.657. The quantitative estimate of drug-likeness (QED) is 0.188. The number of amides is 1.